The molecule has 0 bridgehead atoms. The van der Waals surface area contributed by atoms with Crippen molar-refractivity contribution in [2.45, 2.75) is 25.6 Å². The third-order valence-electron chi connectivity index (χ3n) is 4.64. The van der Waals surface area contributed by atoms with Gasteiger partial charge in [0.05, 0.1) is 11.3 Å². The number of amides is 1. The van der Waals surface area contributed by atoms with Crippen molar-refractivity contribution in [1.29, 1.82) is 5.26 Å². The van der Waals surface area contributed by atoms with Crippen molar-refractivity contribution in [3.05, 3.63) is 65.7 Å². The molecule has 1 N–H and O–H groups in total. The number of hydrogen-bond donors (Lipinski definition) is 1. The van der Waals surface area contributed by atoms with Crippen molar-refractivity contribution >= 4 is 23.5 Å². The fraction of sp³-hybridized carbons (Fsp3) is 0.200. The van der Waals surface area contributed by atoms with Crippen LogP contribution in [-0.4, -0.2) is 41.2 Å². The number of thioether (sulfide) groups is 1. The molecule has 31 heavy (non-hydrogen) atoms. The van der Waals surface area contributed by atoms with Gasteiger partial charge < -0.3 is 9.73 Å². The van der Waals surface area contributed by atoms with Gasteiger partial charge in [-0.2, -0.15) is 10.4 Å². The number of hydrogen-bond acceptors (Lipinski definition) is 8. The van der Waals surface area contributed by atoms with Crippen LogP contribution in [0.3, 0.4) is 0 Å². The Hall–Kier alpha value is -3.91. The molecule has 0 atom stereocenters. The Balaban J connectivity index is 1.47. The average Bonchev–Trinajstić information content (AvgIpc) is 3.50. The highest BCUT2D eigenvalue weighted by atomic mass is 32.2. The maximum atomic E-state index is 12.7. The largest absolute Gasteiger partial charge is 0.414 e. The van der Waals surface area contributed by atoms with Gasteiger partial charge in [-0.05, 0) is 31.5 Å². The zero-order valence-corrected chi connectivity index (χ0v) is 17.6. The highest BCUT2D eigenvalue weighted by Gasteiger charge is 2.21. The summed E-state index contributed by atoms with van der Waals surface area (Å²) in [6.07, 6.45) is 2.96. The average molecular weight is 434 g/mol. The van der Waals surface area contributed by atoms with Crippen LogP contribution in [0.4, 0.5) is 5.82 Å². The van der Waals surface area contributed by atoms with E-state index in [9.17, 15) is 10.1 Å². The van der Waals surface area contributed by atoms with Crippen LogP contribution in [0.5, 0.6) is 0 Å². The molecule has 1 aromatic carbocycles. The predicted octanol–water partition coefficient (Wildman–Crippen LogP) is 2.72. The summed E-state index contributed by atoms with van der Waals surface area (Å²) in [5, 5.41) is 24.7. The summed E-state index contributed by atoms with van der Waals surface area (Å²) >= 11 is 1.12. The third kappa shape index (κ3) is 4.34. The lowest BCUT2D eigenvalue weighted by atomic mass is 10.2. The number of benzene rings is 1. The van der Waals surface area contributed by atoms with Crippen LogP contribution in [0.1, 0.15) is 22.7 Å². The first-order chi connectivity index (χ1) is 15.1. The number of carbonyl (C=O) groups excluding carboxylic acids is 1. The van der Waals surface area contributed by atoms with Gasteiger partial charge in [-0.25, -0.2) is 9.67 Å². The highest BCUT2D eigenvalue weighted by molar-refractivity contribution is 7.99. The van der Waals surface area contributed by atoms with E-state index in [0.717, 1.165) is 28.7 Å². The van der Waals surface area contributed by atoms with E-state index in [1.54, 1.807) is 11.0 Å². The fourth-order valence-electron chi connectivity index (χ4n) is 3.07. The molecule has 0 saturated heterocycles. The van der Waals surface area contributed by atoms with E-state index >= 15 is 0 Å². The van der Waals surface area contributed by atoms with Crippen molar-refractivity contribution in [2.75, 3.05) is 11.1 Å². The standard InChI is InChI=1S/C20H18N8O2S/c1-13-14(2)28(15-6-4-3-5-7-15)19(16(13)8-21)24-17(29)10-31-20-26-25-18(30-20)9-27-12-22-11-23-27/h3-7,11-12H,9-10H2,1-2H3,(H,24,29). The summed E-state index contributed by atoms with van der Waals surface area (Å²) in [4.78, 5) is 16.5. The van der Waals surface area contributed by atoms with E-state index < -0.39 is 0 Å². The minimum atomic E-state index is -0.285. The van der Waals surface area contributed by atoms with Crippen molar-refractivity contribution in [2.24, 2.45) is 0 Å². The number of rotatable bonds is 7. The second-order valence-electron chi connectivity index (χ2n) is 6.61. The number of nitrogens with zero attached hydrogens (tertiary/aromatic N) is 7. The van der Waals surface area contributed by atoms with Crippen molar-refractivity contribution in [1.82, 2.24) is 29.5 Å². The number of nitriles is 1. The SMILES string of the molecule is Cc1c(C#N)c(NC(=O)CSc2nnc(Cn3cncn3)o2)n(-c2ccccc2)c1C. The molecule has 0 spiro atoms. The van der Waals surface area contributed by atoms with E-state index in [4.69, 9.17) is 4.42 Å². The lowest BCUT2D eigenvalue weighted by Gasteiger charge is -2.12. The van der Waals surface area contributed by atoms with Crippen LogP contribution < -0.4 is 5.32 Å². The van der Waals surface area contributed by atoms with Crippen LogP contribution in [0, 0.1) is 25.2 Å². The van der Waals surface area contributed by atoms with E-state index in [1.165, 1.54) is 6.33 Å². The van der Waals surface area contributed by atoms with Gasteiger partial charge in [0.15, 0.2) is 0 Å². The van der Waals surface area contributed by atoms with Crippen LogP contribution in [0.2, 0.25) is 0 Å². The Kier molecular flexibility index (Phi) is 5.81. The zero-order chi connectivity index (χ0) is 21.8. The van der Waals surface area contributed by atoms with Gasteiger partial charge in [-0.1, -0.05) is 30.0 Å². The summed E-state index contributed by atoms with van der Waals surface area (Å²) in [7, 11) is 0. The molecule has 0 aliphatic heterocycles. The number of para-hydroxylation sites is 1. The van der Waals surface area contributed by atoms with E-state index in [-0.39, 0.29) is 16.9 Å². The molecule has 10 nitrogen and oxygen atoms in total. The maximum Gasteiger partial charge on any atom is 0.277 e. The monoisotopic (exact) mass is 434 g/mol. The second kappa shape index (κ2) is 8.85. The number of nitrogens with one attached hydrogen (secondary N) is 1. The third-order valence-corrected chi connectivity index (χ3v) is 5.45. The van der Waals surface area contributed by atoms with Crippen LogP contribution >= 0.6 is 11.8 Å². The van der Waals surface area contributed by atoms with Crippen LogP contribution in [0.15, 0.2) is 52.6 Å². The predicted molar refractivity (Wildman–Crippen MR) is 113 cm³/mol. The Morgan fingerprint density at radius 3 is 2.77 bits per heavy atom. The summed E-state index contributed by atoms with van der Waals surface area (Å²) in [6, 6.07) is 11.8. The maximum absolute atomic E-state index is 12.7. The molecule has 0 aliphatic carbocycles. The minimum Gasteiger partial charge on any atom is -0.414 e. The molecule has 156 valence electrons. The first-order valence-electron chi connectivity index (χ1n) is 9.31. The van der Waals surface area contributed by atoms with Gasteiger partial charge >= 0.3 is 0 Å². The molecule has 0 fully saturated rings. The number of anilines is 1. The molecule has 11 heteroatoms. The highest BCUT2D eigenvalue weighted by Crippen LogP contribution is 2.30. The summed E-state index contributed by atoms with van der Waals surface area (Å²) < 4.78 is 8.96. The number of aromatic nitrogens is 6. The van der Waals surface area contributed by atoms with Gasteiger partial charge in [0.25, 0.3) is 5.22 Å². The molecule has 0 saturated carbocycles. The Bertz CT molecular complexity index is 1240. The zero-order valence-electron chi connectivity index (χ0n) is 16.8. The van der Waals surface area contributed by atoms with Crippen molar-refractivity contribution in [3.8, 4) is 11.8 Å². The summed E-state index contributed by atoms with van der Waals surface area (Å²) in [5.41, 5.74) is 3.01. The normalized spacial score (nSPS) is 10.7. The molecule has 0 aliphatic rings. The molecular weight excluding hydrogens is 416 g/mol. The number of carbonyl (C=O) groups is 1. The lowest BCUT2D eigenvalue weighted by Crippen LogP contribution is -2.17. The lowest BCUT2D eigenvalue weighted by molar-refractivity contribution is -0.113. The molecule has 0 unspecified atom stereocenters. The first-order valence-corrected chi connectivity index (χ1v) is 10.3. The van der Waals surface area contributed by atoms with Crippen LogP contribution in [-0.2, 0) is 11.3 Å². The Labute approximate surface area is 181 Å². The molecule has 1 amide bonds. The van der Waals surface area contributed by atoms with Crippen molar-refractivity contribution < 1.29 is 9.21 Å². The topological polar surface area (TPSA) is 127 Å². The Morgan fingerprint density at radius 2 is 2.06 bits per heavy atom. The molecule has 3 heterocycles. The van der Waals surface area contributed by atoms with Gasteiger partial charge in [0.2, 0.25) is 11.8 Å². The summed E-state index contributed by atoms with van der Waals surface area (Å²) in [6.45, 7) is 4.09. The van der Waals surface area contributed by atoms with Crippen molar-refractivity contribution in [3.63, 3.8) is 0 Å². The van der Waals surface area contributed by atoms with Gasteiger partial charge in [-0.15, -0.1) is 10.2 Å². The fourth-order valence-corrected chi connectivity index (χ4v) is 3.65. The van der Waals surface area contributed by atoms with E-state index in [2.05, 4.69) is 31.7 Å². The van der Waals surface area contributed by atoms with E-state index in [1.807, 2.05) is 48.7 Å². The quantitative estimate of drug-likeness (QED) is 0.440. The minimum absolute atomic E-state index is 0.0495. The molecule has 4 aromatic rings. The van der Waals surface area contributed by atoms with Crippen LogP contribution in [0.25, 0.3) is 5.69 Å². The van der Waals surface area contributed by atoms with Gasteiger partial charge in [0, 0.05) is 11.4 Å². The first kappa shape index (κ1) is 20.4. The Morgan fingerprint density at radius 1 is 1.26 bits per heavy atom. The van der Waals surface area contributed by atoms with Gasteiger partial charge in [0.1, 0.15) is 31.1 Å². The molecule has 0 radical (unpaired) electrons. The molecule has 4 rings (SSSR count). The van der Waals surface area contributed by atoms with E-state index in [0.29, 0.717) is 23.8 Å². The molecular formula is C20H18N8O2S. The summed E-state index contributed by atoms with van der Waals surface area (Å²) in [5.74, 6) is 0.580. The second-order valence-corrected chi connectivity index (χ2v) is 7.53. The van der Waals surface area contributed by atoms with Gasteiger partial charge in [-0.3, -0.25) is 9.36 Å². The molecule has 3 aromatic heterocycles. The smallest absolute Gasteiger partial charge is 0.277 e.